The Morgan fingerprint density at radius 2 is 0.605 bits per heavy atom. The number of hydrogen-bond acceptors (Lipinski definition) is 3. The van der Waals surface area contributed by atoms with Gasteiger partial charge in [0.1, 0.15) is 0 Å². The van der Waals surface area contributed by atoms with Gasteiger partial charge in [0.05, 0.1) is 25.0 Å². The molecule has 0 aromatic carbocycles. The third-order valence-electron chi connectivity index (χ3n) is 9.15. The van der Waals surface area contributed by atoms with Gasteiger partial charge in [-0.05, 0) is 12.8 Å². The molecule has 0 spiro atoms. The predicted octanol–water partition coefficient (Wildman–Crippen LogP) is 12.1. The van der Waals surface area contributed by atoms with Crippen LogP contribution < -0.4 is 0 Å². The van der Waals surface area contributed by atoms with E-state index in [1.807, 2.05) is 0 Å². The highest BCUT2D eigenvalue weighted by molar-refractivity contribution is 5.70. The van der Waals surface area contributed by atoms with E-state index in [9.17, 15) is 19.8 Å². The van der Waals surface area contributed by atoms with Crippen LogP contribution in [0.2, 0.25) is 0 Å². The molecule has 256 valence electrons. The summed E-state index contributed by atoms with van der Waals surface area (Å²) in [7, 11) is 0. The Labute approximate surface area is 267 Å². The highest BCUT2D eigenvalue weighted by atomic mass is 16.5. The third kappa shape index (κ3) is 30.7. The fraction of sp³-hybridized carbons (Fsp3) is 0.947. The van der Waals surface area contributed by atoms with Crippen LogP contribution in [0.15, 0.2) is 0 Å². The second kappa shape index (κ2) is 33.8. The zero-order chi connectivity index (χ0) is 31.6. The molecule has 2 unspecified atom stereocenters. The van der Waals surface area contributed by atoms with Crippen molar-refractivity contribution in [3.8, 4) is 0 Å². The van der Waals surface area contributed by atoms with Crippen molar-refractivity contribution < 1.29 is 24.5 Å². The lowest BCUT2D eigenvalue weighted by Gasteiger charge is -2.16. The predicted molar refractivity (Wildman–Crippen MR) is 183 cm³/mol. The van der Waals surface area contributed by atoms with Crippen molar-refractivity contribution in [2.45, 2.75) is 206 Å². The Morgan fingerprint density at radius 3 is 0.814 bits per heavy atom. The summed E-state index contributed by atoms with van der Waals surface area (Å²) in [6.07, 6.45) is 37.2. The molecule has 0 amide bonds. The maximum Gasteiger partial charge on any atom is 0.308 e. The van der Waals surface area contributed by atoms with E-state index in [-0.39, 0.29) is 13.2 Å². The summed E-state index contributed by atoms with van der Waals surface area (Å²) in [6, 6.07) is 0. The van der Waals surface area contributed by atoms with Crippen LogP contribution in [0.5, 0.6) is 0 Å². The van der Waals surface area contributed by atoms with Crippen LogP contribution in [0.1, 0.15) is 206 Å². The molecule has 5 heteroatoms. The Bertz CT molecular complexity index is 543. The molecule has 0 saturated carbocycles. The molecule has 0 fully saturated rings. The van der Waals surface area contributed by atoms with E-state index >= 15 is 0 Å². The molecular formula is C38H74O5. The number of aliphatic carboxylic acids is 2. The van der Waals surface area contributed by atoms with Crippen molar-refractivity contribution in [2.24, 2.45) is 11.8 Å². The van der Waals surface area contributed by atoms with E-state index in [1.54, 1.807) is 0 Å². The molecule has 0 aliphatic heterocycles. The lowest BCUT2D eigenvalue weighted by Crippen LogP contribution is -2.25. The SMILES string of the molecule is CCCCCCCCCCCCCCCCC(COCC(CCCCCCCCCCCCCCCC)C(=O)O)C(=O)O. The lowest BCUT2D eigenvalue weighted by atomic mass is 9.99. The first kappa shape index (κ1) is 41.9. The third-order valence-corrected chi connectivity index (χ3v) is 9.15. The van der Waals surface area contributed by atoms with E-state index in [4.69, 9.17) is 4.74 Å². The Morgan fingerprint density at radius 1 is 0.395 bits per heavy atom. The summed E-state index contributed by atoms with van der Waals surface area (Å²) in [6.45, 7) is 4.77. The Balaban J connectivity index is 3.74. The van der Waals surface area contributed by atoms with Gasteiger partial charge < -0.3 is 14.9 Å². The fourth-order valence-electron chi connectivity index (χ4n) is 6.08. The van der Waals surface area contributed by atoms with Crippen LogP contribution in [0.4, 0.5) is 0 Å². The number of carboxylic acids is 2. The molecule has 0 aliphatic rings. The Hall–Kier alpha value is -1.10. The van der Waals surface area contributed by atoms with Gasteiger partial charge in [-0.3, -0.25) is 9.59 Å². The number of carboxylic acid groups (broad SMARTS) is 2. The standard InChI is InChI=1S/C38H74O5/c1-3-5-7-9-11-13-15-17-19-21-23-25-27-29-31-35(37(39)40)33-43-34-36(38(41)42)32-30-28-26-24-22-20-18-16-14-12-10-8-6-4-2/h35-36H,3-34H2,1-2H3,(H,39,40)(H,41,42). The smallest absolute Gasteiger partial charge is 0.308 e. The Kier molecular flexibility index (Phi) is 32.9. The van der Waals surface area contributed by atoms with Crippen LogP contribution in [0, 0.1) is 11.8 Å². The summed E-state index contributed by atoms with van der Waals surface area (Å²) in [5, 5.41) is 19.2. The van der Waals surface area contributed by atoms with E-state index in [1.165, 1.54) is 154 Å². The van der Waals surface area contributed by atoms with Crippen molar-refractivity contribution in [1.82, 2.24) is 0 Å². The normalized spacial score (nSPS) is 12.9. The summed E-state index contributed by atoms with van der Waals surface area (Å²) in [5.41, 5.74) is 0. The monoisotopic (exact) mass is 611 g/mol. The largest absolute Gasteiger partial charge is 0.481 e. The van der Waals surface area contributed by atoms with Gasteiger partial charge in [-0.1, -0.05) is 194 Å². The quantitative estimate of drug-likeness (QED) is 0.0689. The first-order valence-corrected chi connectivity index (χ1v) is 19.1. The van der Waals surface area contributed by atoms with E-state index < -0.39 is 23.8 Å². The van der Waals surface area contributed by atoms with Gasteiger partial charge in [0.2, 0.25) is 0 Å². The van der Waals surface area contributed by atoms with Crippen molar-refractivity contribution in [3.63, 3.8) is 0 Å². The van der Waals surface area contributed by atoms with Gasteiger partial charge in [-0.15, -0.1) is 0 Å². The summed E-state index contributed by atoms with van der Waals surface area (Å²) in [4.78, 5) is 23.4. The molecule has 0 heterocycles. The average Bonchev–Trinajstić information content (AvgIpc) is 2.99. The lowest BCUT2D eigenvalue weighted by molar-refractivity contribution is -0.146. The van der Waals surface area contributed by atoms with Crippen LogP contribution in [0.25, 0.3) is 0 Å². The maximum absolute atomic E-state index is 11.7. The van der Waals surface area contributed by atoms with E-state index in [0.29, 0.717) is 12.8 Å². The zero-order valence-corrected chi connectivity index (χ0v) is 28.9. The van der Waals surface area contributed by atoms with E-state index in [2.05, 4.69) is 13.8 Å². The van der Waals surface area contributed by atoms with Gasteiger partial charge in [0.15, 0.2) is 0 Å². The zero-order valence-electron chi connectivity index (χ0n) is 28.9. The minimum absolute atomic E-state index is 0.121. The molecule has 0 radical (unpaired) electrons. The highest BCUT2D eigenvalue weighted by Crippen LogP contribution is 2.18. The fourth-order valence-corrected chi connectivity index (χ4v) is 6.08. The summed E-state index contributed by atoms with van der Waals surface area (Å²) >= 11 is 0. The molecule has 5 nitrogen and oxygen atoms in total. The van der Waals surface area contributed by atoms with Gasteiger partial charge in [0, 0.05) is 0 Å². The second-order valence-corrected chi connectivity index (χ2v) is 13.4. The van der Waals surface area contributed by atoms with Gasteiger partial charge in [-0.2, -0.15) is 0 Å². The number of ether oxygens (including phenoxy) is 1. The van der Waals surface area contributed by atoms with Crippen molar-refractivity contribution >= 4 is 11.9 Å². The molecular weight excluding hydrogens is 536 g/mol. The number of rotatable bonds is 36. The molecule has 0 saturated heterocycles. The molecule has 0 aliphatic carbocycles. The number of unbranched alkanes of at least 4 members (excludes halogenated alkanes) is 26. The highest BCUT2D eigenvalue weighted by Gasteiger charge is 2.21. The van der Waals surface area contributed by atoms with Crippen molar-refractivity contribution in [2.75, 3.05) is 13.2 Å². The van der Waals surface area contributed by atoms with Crippen LogP contribution in [-0.2, 0) is 14.3 Å². The van der Waals surface area contributed by atoms with Crippen LogP contribution >= 0.6 is 0 Å². The van der Waals surface area contributed by atoms with Gasteiger partial charge >= 0.3 is 11.9 Å². The topological polar surface area (TPSA) is 83.8 Å². The summed E-state index contributed by atoms with van der Waals surface area (Å²) in [5.74, 6) is -2.72. The maximum atomic E-state index is 11.7. The van der Waals surface area contributed by atoms with Gasteiger partial charge in [0.25, 0.3) is 0 Å². The van der Waals surface area contributed by atoms with Crippen molar-refractivity contribution in [1.29, 1.82) is 0 Å². The number of carbonyl (C=O) groups is 2. The second-order valence-electron chi connectivity index (χ2n) is 13.4. The molecule has 0 rings (SSSR count). The first-order valence-electron chi connectivity index (χ1n) is 19.1. The summed E-state index contributed by atoms with van der Waals surface area (Å²) < 4.78 is 5.66. The molecule has 2 N–H and O–H groups in total. The van der Waals surface area contributed by atoms with Gasteiger partial charge in [-0.25, -0.2) is 0 Å². The first-order chi connectivity index (χ1) is 21.0. The minimum atomic E-state index is -0.825. The average molecular weight is 611 g/mol. The molecule has 0 bridgehead atoms. The molecule has 0 aromatic rings. The number of hydrogen-bond donors (Lipinski definition) is 2. The minimum Gasteiger partial charge on any atom is -0.481 e. The molecule has 43 heavy (non-hydrogen) atoms. The molecule has 0 aromatic heterocycles. The molecule has 2 atom stereocenters. The van der Waals surface area contributed by atoms with Crippen molar-refractivity contribution in [3.05, 3.63) is 0 Å². The van der Waals surface area contributed by atoms with Crippen LogP contribution in [-0.4, -0.2) is 35.4 Å². The van der Waals surface area contributed by atoms with E-state index in [0.717, 1.165) is 25.7 Å². The van der Waals surface area contributed by atoms with Crippen LogP contribution in [0.3, 0.4) is 0 Å².